The first-order chi connectivity index (χ1) is 13.8. The number of esters is 1. The minimum absolute atomic E-state index is 0.141. The van der Waals surface area contributed by atoms with Crippen LogP contribution < -0.4 is 16.0 Å². The minimum Gasteiger partial charge on any atom is -0.465 e. The highest BCUT2D eigenvalue weighted by molar-refractivity contribution is 7.80. The second-order valence-corrected chi connectivity index (χ2v) is 7.56. The molecule has 7 heteroatoms. The molecule has 154 valence electrons. The molecule has 0 saturated carbocycles. The third kappa shape index (κ3) is 6.87. The number of methoxy groups -OCH3 is 1. The minimum atomic E-state index is -0.482. The lowest BCUT2D eigenvalue weighted by atomic mass is 10.0. The summed E-state index contributed by atoms with van der Waals surface area (Å²) in [6, 6.07) is 13.9. The Bertz CT molecular complexity index is 866. The van der Waals surface area contributed by atoms with Gasteiger partial charge in [-0.15, -0.1) is 0 Å². The van der Waals surface area contributed by atoms with Gasteiger partial charge in [-0.2, -0.15) is 0 Å². The predicted octanol–water partition coefficient (Wildman–Crippen LogP) is 4.12. The van der Waals surface area contributed by atoms with E-state index in [0.29, 0.717) is 28.7 Å². The highest BCUT2D eigenvalue weighted by Gasteiger charge is 2.21. The van der Waals surface area contributed by atoms with Crippen molar-refractivity contribution in [3.8, 4) is 0 Å². The lowest BCUT2D eigenvalue weighted by Crippen LogP contribution is -2.46. The quantitative estimate of drug-likeness (QED) is 0.468. The Morgan fingerprint density at radius 2 is 1.69 bits per heavy atom. The summed E-state index contributed by atoms with van der Waals surface area (Å²) in [5.74, 6) is -0.238. The van der Waals surface area contributed by atoms with Crippen molar-refractivity contribution >= 4 is 40.6 Å². The Balaban J connectivity index is 2.03. The number of nitrogens with one attached hydrogen (secondary N) is 3. The second kappa shape index (κ2) is 10.6. The topological polar surface area (TPSA) is 79.5 Å². The molecule has 0 radical (unpaired) electrons. The third-order valence-electron chi connectivity index (χ3n) is 4.30. The largest absolute Gasteiger partial charge is 0.465 e. The zero-order valence-electron chi connectivity index (χ0n) is 17.1. The fourth-order valence-corrected chi connectivity index (χ4v) is 3.03. The third-order valence-corrected chi connectivity index (χ3v) is 4.52. The lowest BCUT2D eigenvalue weighted by Gasteiger charge is -2.22. The van der Waals surface area contributed by atoms with E-state index in [-0.39, 0.29) is 5.91 Å². The number of para-hydroxylation sites is 1. The average molecular weight is 414 g/mol. The van der Waals surface area contributed by atoms with Crippen molar-refractivity contribution in [1.82, 2.24) is 5.32 Å². The number of carbonyl (C=O) groups is 2. The van der Waals surface area contributed by atoms with Crippen LogP contribution in [0.2, 0.25) is 0 Å². The summed E-state index contributed by atoms with van der Waals surface area (Å²) in [4.78, 5) is 24.3. The van der Waals surface area contributed by atoms with E-state index in [1.807, 2.05) is 31.2 Å². The molecular formula is C22H27N3O3S. The molecule has 2 aromatic rings. The SMILES string of the molecule is COC(=O)c1ccc(NC(=S)NC(CC(C)C)C(=O)Nc2ccccc2C)cc1. The Morgan fingerprint density at radius 3 is 2.28 bits per heavy atom. The first kappa shape index (κ1) is 22.4. The van der Waals surface area contributed by atoms with Gasteiger partial charge in [0.1, 0.15) is 6.04 Å². The van der Waals surface area contributed by atoms with Crippen LogP contribution in [-0.4, -0.2) is 30.1 Å². The van der Waals surface area contributed by atoms with Gasteiger partial charge in [-0.25, -0.2) is 4.79 Å². The molecule has 0 bridgehead atoms. The van der Waals surface area contributed by atoms with Crippen LogP contribution in [0.5, 0.6) is 0 Å². The number of anilines is 2. The summed E-state index contributed by atoms with van der Waals surface area (Å²) in [5.41, 5.74) is 2.94. The normalized spacial score (nSPS) is 11.5. The summed E-state index contributed by atoms with van der Waals surface area (Å²) in [5, 5.41) is 9.46. The molecule has 1 unspecified atom stereocenters. The van der Waals surface area contributed by atoms with Gasteiger partial charge in [-0.05, 0) is 67.4 Å². The molecule has 2 aromatic carbocycles. The zero-order valence-corrected chi connectivity index (χ0v) is 17.9. The number of hydrogen-bond acceptors (Lipinski definition) is 4. The molecular weight excluding hydrogens is 386 g/mol. The van der Waals surface area contributed by atoms with Crippen LogP contribution in [0, 0.1) is 12.8 Å². The number of aryl methyl sites for hydroxylation is 1. The molecule has 1 atom stereocenters. The Kier molecular flexibility index (Phi) is 8.15. The molecule has 0 aliphatic carbocycles. The van der Waals surface area contributed by atoms with Gasteiger partial charge in [0.25, 0.3) is 0 Å². The number of amides is 1. The average Bonchev–Trinajstić information content (AvgIpc) is 2.68. The number of carbonyl (C=O) groups excluding carboxylic acids is 2. The molecule has 6 nitrogen and oxygen atoms in total. The van der Waals surface area contributed by atoms with Gasteiger partial charge in [0.15, 0.2) is 5.11 Å². The summed E-state index contributed by atoms with van der Waals surface area (Å²) in [6.45, 7) is 6.06. The molecule has 0 spiro atoms. The molecule has 2 rings (SSSR count). The van der Waals surface area contributed by atoms with Gasteiger partial charge in [-0.1, -0.05) is 32.0 Å². The van der Waals surface area contributed by atoms with Crippen LogP contribution in [0.15, 0.2) is 48.5 Å². The van der Waals surface area contributed by atoms with E-state index in [9.17, 15) is 9.59 Å². The standard InChI is InChI=1S/C22H27N3O3S/c1-14(2)13-19(20(26)24-18-8-6-5-7-15(18)3)25-22(29)23-17-11-9-16(10-12-17)21(27)28-4/h5-12,14,19H,13H2,1-4H3,(H,24,26)(H2,23,25,29). The summed E-state index contributed by atoms with van der Waals surface area (Å²) < 4.78 is 4.69. The monoisotopic (exact) mass is 413 g/mol. The van der Waals surface area contributed by atoms with E-state index in [0.717, 1.165) is 11.3 Å². The molecule has 0 aromatic heterocycles. The van der Waals surface area contributed by atoms with Crippen LogP contribution in [-0.2, 0) is 9.53 Å². The maximum absolute atomic E-state index is 12.8. The van der Waals surface area contributed by atoms with E-state index in [2.05, 4.69) is 34.5 Å². The van der Waals surface area contributed by atoms with Crippen LogP contribution in [0.3, 0.4) is 0 Å². The van der Waals surface area contributed by atoms with Crippen molar-refractivity contribution in [2.75, 3.05) is 17.7 Å². The summed E-state index contributed by atoms with van der Waals surface area (Å²) in [6.07, 6.45) is 0.626. The molecule has 0 saturated heterocycles. The van der Waals surface area contributed by atoms with Gasteiger partial charge in [-0.3, -0.25) is 4.79 Å². The smallest absolute Gasteiger partial charge is 0.337 e. The molecule has 0 aliphatic rings. The molecule has 3 N–H and O–H groups in total. The molecule has 1 amide bonds. The van der Waals surface area contributed by atoms with Crippen molar-refractivity contribution in [2.24, 2.45) is 5.92 Å². The maximum atomic E-state index is 12.8. The highest BCUT2D eigenvalue weighted by Crippen LogP contribution is 2.15. The van der Waals surface area contributed by atoms with Crippen molar-refractivity contribution < 1.29 is 14.3 Å². The van der Waals surface area contributed by atoms with Crippen LogP contribution in [0.25, 0.3) is 0 Å². The molecule has 0 fully saturated rings. The Labute approximate surface area is 177 Å². The van der Waals surface area contributed by atoms with E-state index < -0.39 is 12.0 Å². The highest BCUT2D eigenvalue weighted by atomic mass is 32.1. The fourth-order valence-electron chi connectivity index (χ4n) is 2.77. The number of ether oxygens (including phenoxy) is 1. The number of hydrogen-bond donors (Lipinski definition) is 3. The van der Waals surface area contributed by atoms with Gasteiger partial charge in [0.05, 0.1) is 12.7 Å². The molecule has 0 aliphatic heterocycles. The van der Waals surface area contributed by atoms with E-state index in [1.165, 1.54) is 7.11 Å². The zero-order chi connectivity index (χ0) is 21.4. The summed E-state index contributed by atoms with van der Waals surface area (Å²) >= 11 is 5.39. The Hall–Kier alpha value is -2.93. The lowest BCUT2D eigenvalue weighted by molar-refractivity contribution is -0.118. The van der Waals surface area contributed by atoms with Gasteiger partial charge in [0, 0.05) is 11.4 Å². The number of thiocarbonyl (C=S) groups is 1. The maximum Gasteiger partial charge on any atom is 0.337 e. The summed E-state index contributed by atoms with van der Waals surface area (Å²) in [7, 11) is 1.34. The predicted molar refractivity (Wildman–Crippen MR) is 120 cm³/mol. The van der Waals surface area contributed by atoms with E-state index in [1.54, 1.807) is 24.3 Å². The van der Waals surface area contributed by atoms with E-state index >= 15 is 0 Å². The number of benzene rings is 2. The molecule has 0 heterocycles. The first-order valence-corrected chi connectivity index (χ1v) is 9.83. The van der Waals surface area contributed by atoms with Crippen molar-refractivity contribution in [3.05, 3.63) is 59.7 Å². The number of rotatable bonds is 7. The van der Waals surface area contributed by atoms with Gasteiger partial charge in [0.2, 0.25) is 5.91 Å². The van der Waals surface area contributed by atoms with Crippen LogP contribution in [0.4, 0.5) is 11.4 Å². The van der Waals surface area contributed by atoms with Crippen molar-refractivity contribution in [2.45, 2.75) is 33.2 Å². The fraction of sp³-hybridized carbons (Fsp3) is 0.318. The van der Waals surface area contributed by atoms with Gasteiger partial charge < -0.3 is 20.7 Å². The second-order valence-electron chi connectivity index (χ2n) is 7.15. The van der Waals surface area contributed by atoms with E-state index in [4.69, 9.17) is 12.2 Å². The first-order valence-electron chi connectivity index (χ1n) is 9.42. The van der Waals surface area contributed by atoms with Crippen LogP contribution >= 0.6 is 12.2 Å². The van der Waals surface area contributed by atoms with Crippen molar-refractivity contribution in [3.63, 3.8) is 0 Å². The van der Waals surface area contributed by atoms with Crippen LogP contribution in [0.1, 0.15) is 36.2 Å². The molecule has 29 heavy (non-hydrogen) atoms. The van der Waals surface area contributed by atoms with Crippen molar-refractivity contribution in [1.29, 1.82) is 0 Å². The Morgan fingerprint density at radius 1 is 1.03 bits per heavy atom. The van der Waals surface area contributed by atoms with Gasteiger partial charge >= 0.3 is 5.97 Å².